The Morgan fingerprint density at radius 1 is 1.23 bits per heavy atom. The van der Waals surface area contributed by atoms with E-state index in [-0.39, 0.29) is 5.91 Å². The van der Waals surface area contributed by atoms with Gasteiger partial charge in [-0.3, -0.25) is 4.79 Å². The van der Waals surface area contributed by atoms with Crippen molar-refractivity contribution in [1.82, 2.24) is 4.57 Å². The zero-order valence-corrected chi connectivity index (χ0v) is 16.1. The Kier molecular flexibility index (Phi) is 5.52. The van der Waals surface area contributed by atoms with Crippen molar-refractivity contribution in [3.63, 3.8) is 0 Å². The maximum Gasteiger partial charge on any atom is 0.272 e. The Balaban J connectivity index is 2.05. The number of ether oxygens (including phenoxy) is 1. The fraction of sp³-hybridized carbons (Fsp3) is 0.286. The first-order chi connectivity index (χ1) is 12.6. The average Bonchev–Trinajstić information content (AvgIpc) is 2.92. The highest BCUT2D eigenvalue weighted by molar-refractivity contribution is 6.31. The molecule has 1 heterocycles. The van der Waals surface area contributed by atoms with E-state index >= 15 is 0 Å². The van der Waals surface area contributed by atoms with Crippen LogP contribution in [-0.2, 0) is 6.54 Å². The summed E-state index contributed by atoms with van der Waals surface area (Å²) in [6, 6.07) is 13.3. The first-order valence-electron chi connectivity index (χ1n) is 8.79. The van der Waals surface area contributed by atoms with Crippen molar-refractivity contribution in [1.29, 1.82) is 0 Å². The highest BCUT2D eigenvalue weighted by atomic mass is 35.5. The molecule has 26 heavy (non-hydrogen) atoms. The number of nitrogens with one attached hydrogen (secondary N) is 1. The maximum absolute atomic E-state index is 13.1. The molecular weight excluding hydrogens is 348 g/mol. The van der Waals surface area contributed by atoms with Gasteiger partial charge in [-0.05, 0) is 43.2 Å². The molecule has 0 aliphatic carbocycles. The lowest BCUT2D eigenvalue weighted by Gasteiger charge is -2.14. The summed E-state index contributed by atoms with van der Waals surface area (Å²) in [7, 11) is 1.57. The lowest BCUT2D eigenvalue weighted by atomic mass is 10.1. The van der Waals surface area contributed by atoms with E-state index in [9.17, 15) is 4.79 Å². The number of anilines is 1. The molecule has 5 heteroatoms. The number of carbonyl (C=O) groups is 1. The number of hydrogen-bond acceptors (Lipinski definition) is 2. The van der Waals surface area contributed by atoms with Crippen LogP contribution in [0.15, 0.2) is 42.5 Å². The summed E-state index contributed by atoms with van der Waals surface area (Å²) in [5.41, 5.74) is 3.32. The normalized spacial score (nSPS) is 10.9. The van der Waals surface area contributed by atoms with Crippen LogP contribution in [0.4, 0.5) is 5.69 Å². The number of amides is 1. The molecule has 4 nitrogen and oxygen atoms in total. The number of nitrogens with zero attached hydrogens (tertiary/aromatic N) is 1. The molecular formula is C21H23ClN2O2. The zero-order chi connectivity index (χ0) is 18.7. The van der Waals surface area contributed by atoms with Gasteiger partial charge in [-0.15, -0.1) is 0 Å². The number of aromatic nitrogens is 1. The number of hydrogen-bond donors (Lipinski definition) is 1. The van der Waals surface area contributed by atoms with Crippen LogP contribution in [0.25, 0.3) is 10.9 Å². The van der Waals surface area contributed by atoms with Gasteiger partial charge in [0.2, 0.25) is 0 Å². The molecule has 0 radical (unpaired) electrons. The molecule has 0 aliphatic rings. The number of aryl methyl sites for hydroxylation is 2. The summed E-state index contributed by atoms with van der Waals surface area (Å²) >= 11 is 6.09. The molecule has 0 saturated heterocycles. The zero-order valence-electron chi connectivity index (χ0n) is 15.3. The molecule has 3 aromatic rings. The molecule has 1 amide bonds. The SMILES string of the molecule is CCCCn1c(C(=O)Nc2cc(Cl)ccc2OC)c(C)c2ccccc21. The van der Waals surface area contributed by atoms with Gasteiger partial charge in [-0.25, -0.2) is 0 Å². The largest absolute Gasteiger partial charge is 0.495 e. The molecule has 136 valence electrons. The summed E-state index contributed by atoms with van der Waals surface area (Å²) in [6.45, 7) is 4.95. The molecule has 2 aromatic carbocycles. The molecule has 0 fully saturated rings. The van der Waals surface area contributed by atoms with Gasteiger partial charge in [0.25, 0.3) is 5.91 Å². The third-order valence-electron chi connectivity index (χ3n) is 4.58. The van der Waals surface area contributed by atoms with E-state index < -0.39 is 0 Å². The second kappa shape index (κ2) is 7.83. The Bertz CT molecular complexity index is 947. The van der Waals surface area contributed by atoms with Crippen LogP contribution < -0.4 is 10.1 Å². The van der Waals surface area contributed by atoms with Crippen LogP contribution in [0.5, 0.6) is 5.75 Å². The van der Waals surface area contributed by atoms with Crippen molar-refractivity contribution < 1.29 is 9.53 Å². The monoisotopic (exact) mass is 370 g/mol. The van der Waals surface area contributed by atoms with Gasteiger partial charge in [0, 0.05) is 22.5 Å². The summed E-state index contributed by atoms with van der Waals surface area (Å²) < 4.78 is 7.45. The predicted octanol–water partition coefficient (Wildman–Crippen LogP) is 5.66. The first-order valence-corrected chi connectivity index (χ1v) is 9.17. The number of benzene rings is 2. The number of halogens is 1. The van der Waals surface area contributed by atoms with Gasteiger partial charge in [-0.2, -0.15) is 0 Å². The number of rotatable bonds is 6. The van der Waals surface area contributed by atoms with Crippen molar-refractivity contribution in [2.45, 2.75) is 33.2 Å². The Hall–Kier alpha value is -2.46. The van der Waals surface area contributed by atoms with Gasteiger partial charge in [-0.1, -0.05) is 43.1 Å². The predicted molar refractivity (Wildman–Crippen MR) is 108 cm³/mol. The van der Waals surface area contributed by atoms with E-state index in [0.29, 0.717) is 22.2 Å². The van der Waals surface area contributed by atoms with Crippen molar-refractivity contribution in [3.8, 4) is 5.75 Å². The Labute approximate surface area is 158 Å². The summed E-state index contributed by atoms with van der Waals surface area (Å²) in [6.07, 6.45) is 2.08. The van der Waals surface area contributed by atoms with Gasteiger partial charge >= 0.3 is 0 Å². The molecule has 0 bridgehead atoms. The number of para-hydroxylation sites is 1. The molecule has 0 aliphatic heterocycles. The van der Waals surface area contributed by atoms with Gasteiger partial charge in [0.05, 0.1) is 12.8 Å². The minimum absolute atomic E-state index is 0.157. The van der Waals surface area contributed by atoms with Crippen LogP contribution >= 0.6 is 11.6 Å². The Morgan fingerprint density at radius 3 is 2.73 bits per heavy atom. The second-order valence-electron chi connectivity index (χ2n) is 6.29. The van der Waals surface area contributed by atoms with Crippen molar-refractivity contribution in [3.05, 3.63) is 58.7 Å². The maximum atomic E-state index is 13.1. The third-order valence-corrected chi connectivity index (χ3v) is 4.82. The van der Waals surface area contributed by atoms with Crippen molar-refractivity contribution >= 4 is 34.1 Å². The van der Waals surface area contributed by atoms with Crippen molar-refractivity contribution in [2.75, 3.05) is 12.4 Å². The lowest BCUT2D eigenvalue weighted by molar-refractivity contribution is 0.101. The lowest BCUT2D eigenvalue weighted by Crippen LogP contribution is -2.18. The number of carbonyl (C=O) groups excluding carboxylic acids is 1. The van der Waals surface area contributed by atoms with E-state index in [0.717, 1.165) is 35.9 Å². The van der Waals surface area contributed by atoms with Gasteiger partial charge in [0.15, 0.2) is 0 Å². The molecule has 0 spiro atoms. The summed E-state index contributed by atoms with van der Waals surface area (Å²) in [5.74, 6) is 0.423. The van der Waals surface area contributed by atoms with Crippen LogP contribution in [-0.4, -0.2) is 17.6 Å². The van der Waals surface area contributed by atoms with Crippen LogP contribution in [0.2, 0.25) is 5.02 Å². The Morgan fingerprint density at radius 2 is 2.00 bits per heavy atom. The smallest absolute Gasteiger partial charge is 0.272 e. The van der Waals surface area contributed by atoms with E-state index in [1.807, 2.05) is 19.1 Å². The summed E-state index contributed by atoms with van der Waals surface area (Å²) in [5, 5.41) is 4.62. The van der Waals surface area contributed by atoms with E-state index in [1.54, 1.807) is 25.3 Å². The first kappa shape index (κ1) is 18.3. The van der Waals surface area contributed by atoms with E-state index in [2.05, 4.69) is 28.9 Å². The van der Waals surface area contributed by atoms with Gasteiger partial charge in [0.1, 0.15) is 11.4 Å². The average molecular weight is 371 g/mol. The molecule has 0 saturated carbocycles. The second-order valence-corrected chi connectivity index (χ2v) is 6.73. The van der Waals surface area contributed by atoms with Crippen LogP contribution in [0, 0.1) is 6.92 Å². The van der Waals surface area contributed by atoms with Crippen LogP contribution in [0.3, 0.4) is 0 Å². The quantitative estimate of drug-likeness (QED) is 0.608. The molecule has 0 unspecified atom stereocenters. The fourth-order valence-corrected chi connectivity index (χ4v) is 3.45. The molecule has 0 atom stereocenters. The molecule has 1 aromatic heterocycles. The highest BCUT2D eigenvalue weighted by Gasteiger charge is 2.21. The standard InChI is InChI=1S/C21H23ClN2O2/c1-4-5-12-24-18-9-7-6-8-16(18)14(2)20(24)21(25)23-17-13-15(22)10-11-19(17)26-3/h6-11,13H,4-5,12H2,1-3H3,(H,23,25). The minimum Gasteiger partial charge on any atom is -0.495 e. The topological polar surface area (TPSA) is 43.3 Å². The highest BCUT2D eigenvalue weighted by Crippen LogP contribution is 2.30. The fourth-order valence-electron chi connectivity index (χ4n) is 3.28. The number of unbranched alkanes of at least 4 members (excludes halogenated alkanes) is 1. The van der Waals surface area contributed by atoms with E-state index in [1.165, 1.54) is 0 Å². The minimum atomic E-state index is -0.157. The van der Waals surface area contributed by atoms with Gasteiger partial charge < -0.3 is 14.6 Å². The van der Waals surface area contributed by atoms with E-state index in [4.69, 9.17) is 16.3 Å². The third kappa shape index (κ3) is 3.42. The summed E-state index contributed by atoms with van der Waals surface area (Å²) in [4.78, 5) is 13.1. The molecule has 3 rings (SSSR count). The number of fused-ring (bicyclic) bond motifs is 1. The van der Waals surface area contributed by atoms with Crippen molar-refractivity contribution in [2.24, 2.45) is 0 Å². The van der Waals surface area contributed by atoms with Crippen LogP contribution in [0.1, 0.15) is 35.8 Å². The number of methoxy groups -OCH3 is 1. The molecule has 1 N–H and O–H groups in total.